The molecule has 6 heteroatoms. The van der Waals surface area contributed by atoms with Crippen LogP contribution in [-0.4, -0.2) is 78.9 Å². The lowest BCUT2D eigenvalue weighted by Gasteiger charge is -2.36. The van der Waals surface area contributed by atoms with Crippen molar-refractivity contribution >= 4 is 17.5 Å². The molecule has 6 nitrogen and oxygen atoms in total. The van der Waals surface area contributed by atoms with E-state index in [1.165, 1.54) is 0 Å². The zero-order valence-electron chi connectivity index (χ0n) is 16.7. The van der Waals surface area contributed by atoms with Gasteiger partial charge in [0.25, 0.3) is 0 Å². The van der Waals surface area contributed by atoms with Crippen LogP contribution in [0.25, 0.3) is 0 Å². The minimum absolute atomic E-state index is 0.0998. The third-order valence-electron chi connectivity index (χ3n) is 5.42. The monoisotopic (exact) mass is 360 g/mol. The fraction of sp³-hybridized carbons (Fsp3) is 0.600. The number of likely N-dealkylation sites (N-methyl/N-ethyl adjacent to an activating group) is 2. The van der Waals surface area contributed by atoms with Crippen molar-refractivity contribution in [1.82, 2.24) is 14.7 Å². The Kier molecular flexibility index (Phi) is 7.17. The number of piperazine rings is 1. The van der Waals surface area contributed by atoms with Crippen LogP contribution in [0.5, 0.6) is 0 Å². The number of carbonyl (C=O) groups excluding carboxylic acids is 2. The van der Waals surface area contributed by atoms with Gasteiger partial charge in [-0.2, -0.15) is 0 Å². The first kappa shape index (κ1) is 20.4. The van der Waals surface area contributed by atoms with Crippen LogP contribution in [0.3, 0.4) is 0 Å². The number of rotatable bonds is 6. The van der Waals surface area contributed by atoms with Crippen molar-refractivity contribution in [1.29, 1.82) is 0 Å². The van der Waals surface area contributed by atoms with Crippen LogP contribution in [0.2, 0.25) is 0 Å². The van der Waals surface area contributed by atoms with Crippen molar-refractivity contribution in [3.8, 4) is 0 Å². The van der Waals surface area contributed by atoms with E-state index in [1.807, 2.05) is 55.8 Å². The van der Waals surface area contributed by atoms with E-state index in [0.29, 0.717) is 0 Å². The largest absolute Gasteiger partial charge is 0.339 e. The first-order valence-electron chi connectivity index (χ1n) is 9.41. The molecule has 0 aromatic heterocycles. The summed E-state index contributed by atoms with van der Waals surface area (Å²) < 4.78 is 0. The molecule has 1 aromatic carbocycles. The van der Waals surface area contributed by atoms with E-state index in [0.717, 1.165) is 49.5 Å². The predicted molar refractivity (Wildman–Crippen MR) is 105 cm³/mol. The molecule has 1 saturated heterocycles. The van der Waals surface area contributed by atoms with Gasteiger partial charge in [-0.15, -0.1) is 0 Å². The van der Waals surface area contributed by atoms with E-state index in [9.17, 15) is 9.59 Å². The topological polar surface area (TPSA) is 55.9 Å². The zero-order valence-corrected chi connectivity index (χ0v) is 16.7. The Labute approximate surface area is 157 Å². The van der Waals surface area contributed by atoms with Gasteiger partial charge in [-0.25, -0.2) is 0 Å². The lowest BCUT2D eigenvalue weighted by Crippen LogP contribution is -2.54. The minimum atomic E-state index is -0.312. The van der Waals surface area contributed by atoms with Crippen LogP contribution < -0.4 is 5.32 Å². The van der Waals surface area contributed by atoms with Crippen LogP contribution in [0.4, 0.5) is 5.69 Å². The average Bonchev–Trinajstić information content (AvgIpc) is 2.64. The SMILES string of the molecule is CCN1CCN(C(=O)[C@@H](C)N(C)CC(=O)Nc2cccc(C)c2C)CC1. The number of hydrogen-bond donors (Lipinski definition) is 1. The van der Waals surface area contributed by atoms with Crippen molar-refractivity contribution in [2.24, 2.45) is 0 Å². The molecule has 1 fully saturated rings. The second kappa shape index (κ2) is 9.14. The molecule has 0 bridgehead atoms. The van der Waals surface area contributed by atoms with Crippen molar-refractivity contribution in [2.75, 3.05) is 51.6 Å². The van der Waals surface area contributed by atoms with Crippen molar-refractivity contribution in [3.05, 3.63) is 29.3 Å². The van der Waals surface area contributed by atoms with Crippen molar-refractivity contribution in [3.63, 3.8) is 0 Å². The van der Waals surface area contributed by atoms with Gasteiger partial charge in [0.2, 0.25) is 11.8 Å². The Balaban J connectivity index is 1.87. The molecule has 0 spiro atoms. The molecular weight excluding hydrogens is 328 g/mol. The van der Waals surface area contributed by atoms with E-state index in [4.69, 9.17) is 0 Å². The third kappa shape index (κ3) is 5.05. The highest BCUT2D eigenvalue weighted by Gasteiger charge is 2.27. The Morgan fingerprint density at radius 2 is 1.85 bits per heavy atom. The van der Waals surface area contributed by atoms with Crippen LogP contribution in [0.1, 0.15) is 25.0 Å². The Morgan fingerprint density at radius 3 is 2.46 bits per heavy atom. The molecule has 1 atom stereocenters. The quantitative estimate of drug-likeness (QED) is 0.839. The molecule has 1 heterocycles. The maximum Gasteiger partial charge on any atom is 0.239 e. The lowest BCUT2D eigenvalue weighted by molar-refractivity contribution is -0.138. The second-order valence-corrected chi connectivity index (χ2v) is 7.15. The molecule has 1 aliphatic rings. The van der Waals surface area contributed by atoms with Crippen LogP contribution in [-0.2, 0) is 9.59 Å². The fourth-order valence-electron chi connectivity index (χ4n) is 3.18. The van der Waals surface area contributed by atoms with Crippen molar-refractivity contribution < 1.29 is 9.59 Å². The molecular formula is C20H32N4O2. The van der Waals surface area contributed by atoms with E-state index >= 15 is 0 Å². The number of benzene rings is 1. The molecule has 0 radical (unpaired) electrons. The molecule has 1 N–H and O–H groups in total. The minimum Gasteiger partial charge on any atom is -0.339 e. The Hall–Kier alpha value is -1.92. The summed E-state index contributed by atoms with van der Waals surface area (Å²) in [5.74, 6) is -0.000517. The first-order chi connectivity index (χ1) is 12.3. The van der Waals surface area contributed by atoms with Gasteiger partial charge in [-0.1, -0.05) is 19.1 Å². The van der Waals surface area contributed by atoms with Gasteiger partial charge in [0.05, 0.1) is 12.6 Å². The Bertz CT molecular complexity index is 639. The number of carbonyl (C=O) groups is 2. The van der Waals surface area contributed by atoms with Gasteiger partial charge in [-0.3, -0.25) is 14.5 Å². The van der Waals surface area contributed by atoms with E-state index in [-0.39, 0.29) is 24.4 Å². The Morgan fingerprint density at radius 1 is 1.19 bits per heavy atom. The summed E-state index contributed by atoms with van der Waals surface area (Å²) >= 11 is 0. The highest BCUT2D eigenvalue weighted by Crippen LogP contribution is 2.18. The molecule has 26 heavy (non-hydrogen) atoms. The van der Waals surface area contributed by atoms with Gasteiger partial charge < -0.3 is 15.1 Å². The smallest absolute Gasteiger partial charge is 0.239 e. The molecule has 0 unspecified atom stereocenters. The van der Waals surface area contributed by atoms with E-state index in [2.05, 4.69) is 17.1 Å². The first-order valence-corrected chi connectivity index (χ1v) is 9.41. The number of aryl methyl sites for hydroxylation is 1. The molecule has 1 aliphatic heterocycles. The highest BCUT2D eigenvalue weighted by molar-refractivity contribution is 5.93. The summed E-state index contributed by atoms with van der Waals surface area (Å²) in [4.78, 5) is 31.2. The predicted octanol–water partition coefficient (Wildman–Crippen LogP) is 1.73. The zero-order chi connectivity index (χ0) is 19.3. The normalized spacial score (nSPS) is 16.6. The third-order valence-corrected chi connectivity index (χ3v) is 5.42. The average molecular weight is 361 g/mol. The van der Waals surface area contributed by atoms with Gasteiger partial charge >= 0.3 is 0 Å². The summed E-state index contributed by atoms with van der Waals surface area (Å²) in [5, 5.41) is 2.96. The summed E-state index contributed by atoms with van der Waals surface area (Å²) in [6, 6.07) is 5.55. The van der Waals surface area contributed by atoms with Gasteiger partial charge in [0, 0.05) is 31.9 Å². The number of anilines is 1. The molecule has 2 amide bonds. The highest BCUT2D eigenvalue weighted by atomic mass is 16.2. The van der Waals surface area contributed by atoms with Crippen LogP contribution in [0, 0.1) is 13.8 Å². The van der Waals surface area contributed by atoms with Crippen molar-refractivity contribution in [2.45, 2.75) is 33.7 Å². The lowest BCUT2D eigenvalue weighted by atomic mass is 10.1. The molecule has 0 saturated carbocycles. The number of nitrogens with zero attached hydrogens (tertiary/aromatic N) is 3. The molecule has 144 valence electrons. The fourth-order valence-corrected chi connectivity index (χ4v) is 3.18. The van der Waals surface area contributed by atoms with E-state index in [1.54, 1.807) is 0 Å². The maximum absolute atomic E-state index is 12.7. The second-order valence-electron chi connectivity index (χ2n) is 7.15. The summed E-state index contributed by atoms with van der Waals surface area (Å²) in [5.41, 5.74) is 3.05. The van der Waals surface area contributed by atoms with Gasteiger partial charge in [0.1, 0.15) is 0 Å². The maximum atomic E-state index is 12.7. The number of hydrogen-bond acceptors (Lipinski definition) is 4. The molecule has 1 aromatic rings. The number of amides is 2. The standard InChI is InChI=1S/C20H32N4O2/c1-6-23-10-12-24(13-11-23)20(26)17(4)22(5)14-19(25)21-18-9-7-8-15(2)16(18)3/h7-9,17H,6,10-14H2,1-5H3,(H,21,25)/t17-/m1/s1. The van der Waals surface area contributed by atoms with E-state index < -0.39 is 0 Å². The summed E-state index contributed by atoms with van der Waals surface area (Å²) in [6.45, 7) is 12.6. The van der Waals surface area contributed by atoms with Crippen LogP contribution >= 0.6 is 0 Å². The van der Waals surface area contributed by atoms with Gasteiger partial charge in [0.15, 0.2) is 0 Å². The molecule has 0 aliphatic carbocycles. The molecule has 2 rings (SSSR count). The number of nitrogens with one attached hydrogen (secondary N) is 1. The summed E-state index contributed by atoms with van der Waals surface area (Å²) in [6.07, 6.45) is 0. The van der Waals surface area contributed by atoms with Gasteiger partial charge in [-0.05, 0) is 51.6 Å². The van der Waals surface area contributed by atoms with Crippen LogP contribution in [0.15, 0.2) is 18.2 Å². The summed E-state index contributed by atoms with van der Waals surface area (Å²) in [7, 11) is 1.83.